The van der Waals surface area contributed by atoms with E-state index in [4.69, 9.17) is 4.74 Å². The van der Waals surface area contributed by atoms with Crippen molar-refractivity contribution in [3.8, 4) is 16.3 Å². The van der Waals surface area contributed by atoms with Crippen LogP contribution in [0.1, 0.15) is 29.8 Å². The number of ether oxygens (including phenoxy) is 1. The zero-order valence-corrected chi connectivity index (χ0v) is 16.5. The summed E-state index contributed by atoms with van der Waals surface area (Å²) in [5.74, 6) is 1.34. The van der Waals surface area contributed by atoms with Gasteiger partial charge in [-0.15, -0.1) is 11.3 Å². The molecule has 1 saturated heterocycles. The Bertz CT molecular complexity index is 966. The fraction of sp³-hybridized carbons (Fsp3) is 0.286. The van der Waals surface area contributed by atoms with Crippen molar-refractivity contribution in [2.24, 2.45) is 0 Å². The number of piperidine rings is 1. The number of amides is 1. The first-order valence-corrected chi connectivity index (χ1v) is 10.2. The molecule has 4 rings (SSSR count). The van der Waals surface area contributed by atoms with E-state index >= 15 is 0 Å². The average molecular weight is 395 g/mol. The summed E-state index contributed by atoms with van der Waals surface area (Å²) < 4.78 is 5.40. The monoisotopic (exact) mass is 394 g/mol. The van der Waals surface area contributed by atoms with Gasteiger partial charge in [-0.25, -0.2) is 9.97 Å². The number of para-hydroxylation sites is 1. The first kappa shape index (κ1) is 18.4. The molecule has 7 heteroatoms. The Hall–Kier alpha value is -2.93. The number of rotatable bonds is 5. The van der Waals surface area contributed by atoms with Crippen LogP contribution in [0.3, 0.4) is 0 Å². The summed E-state index contributed by atoms with van der Waals surface area (Å²) in [6.45, 7) is 1.93. The van der Waals surface area contributed by atoms with Gasteiger partial charge in [-0.2, -0.15) is 0 Å². The molecule has 1 aromatic carbocycles. The van der Waals surface area contributed by atoms with Crippen LogP contribution in [-0.4, -0.2) is 36.1 Å². The number of benzene rings is 1. The summed E-state index contributed by atoms with van der Waals surface area (Å²) in [7, 11) is 1.63. The molecule has 0 atom stereocenters. The van der Waals surface area contributed by atoms with Crippen LogP contribution in [-0.2, 0) is 0 Å². The van der Waals surface area contributed by atoms with Gasteiger partial charge in [0.05, 0.1) is 18.4 Å². The topological polar surface area (TPSA) is 67.3 Å². The molecule has 0 saturated carbocycles. The van der Waals surface area contributed by atoms with Gasteiger partial charge >= 0.3 is 0 Å². The van der Waals surface area contributed by atoms with Crippen molar-refractivity contribution in [2.45, 2.75) is 19.3 Å². The normalized spacial score (nSPS) is 14.0. The number of carbonyl (C=O) groups is 1. The Morgan fingerprint density at radius 1 is 1.14 bits per heavy atom. The quantitative estimate of drug-likeness (QED) is 0.692. The minimum absolute atomic E-state index is 0.233. The molecule has 1 aliphatic heterocycles. The molecule has 3 heterocycles. The number of thiazole rings is 1. The Morgan fingerprint density at radius 2 is 1.96 bits per heavy atom. The number of nitrogens with zero attached hydrogens (tertiary/aromatic N) is 3. The molecule has 0 aliphatic carbocycles. The largest absolute Gasteiger partial charge is 0.496 e. The minimum Gasteiger partial charge on any atom is -0.496 e. The van der Waals surface area contributed by atoms with Gasteiger partial charge in [-0.05, 0) is 43.5 Å². The second-order valence-corrected chi connectivity index (χ2v) is 7.47. The van der Waals surface area contributed by atoms with E-state index in [1.807, 2.05) is 36.4 Å². The van der Waals surface area contributed by atoms with Gasteiger partial charge in [0.25, 0.3) is 5.91 Å². The predicted octanol–water partition coefficient (Wildman–Crippen LogP) is 4.46. The van der Waals surface area contributed by atoms with Crippen molar-refractivity contribution in [3.63, 3.8) is 0 Å². The molecule has 0 bridgehead atoms. The zero-order valence-electron chi connectivity index (χ0n) is 15.7. The molecule has 6 nitrogen and oxygen atoms in total. The van der Waals surface area contributed by atoms with E-state index in [1.165, 1.54) is 17.8 Å². The molecule has 1 amide bonds. The highest BCUT2D eigenvalue weighted by Gasteiger charge is 2.19. The highest BCUT2D eigenvalue weighted by atomic mass is 32.1. The van der Waals surface area contributed by atoms with Crippen LogP contribution in [0.25, 0.3) is 10.6 Å². The van der Waals surface area contributed by atoms with E-state index < -0.39 is 0 Å². The second-order valence-electron chi connectivity index (χ2n) is 6.61. The van der Waals surface area contributed by atoms with Crippen LogP contribution in [0.15, 0.2) is 48.0 Å². The number of hydrogen-bond donors (Lipinski definition) is 1. The van der Waals surface area contributed by atoms with Crippen LogP contribution >= 0.6 is 11.3 Å². The number of carbonyl (C=O) groups excluding carboxylic acids is 1. The number of anilines is 2. The first-order chi connectivity index (χ1) is 13.8. The SMILES string of the molecule is COc1ccccc1-c1nc(C(=O)Nc2cccnc2N2CCCCC2)cs1. The second kappa shape index (κ2) is 8.39. The van der Waals surface area contributed by atoms with Crippen LogP contribution < -0.4 is 15.0 Å². The molecule has 144 valence electrons. The molecule has 28 heavy (non-hydrogen) atoms. The summed E-state index contributed by atoms with van der Waals surface area (Å²) >= 11 is 1.43. The number of hydrogen-bond acceptors (Lipinski definition) is 6. The van der Waals surface area contributed by atoms with Gasteiger partial charge < -0.3 is 15.0 Å². The summed E-state index contributed by atoms with van der Waals surface area (Å²) in [5.41, 5.74) is 1.99. The molecule has 0 spiro atoms. The lowest BCUT2D eigenvalue weighted by atomic mass is 10.1. The van der Waals surface area contributed by atoms with Gasteiger partial charge in [0.15, 0.2) is 5.82 Å². The van der Waals surface area contributed by atoms with E-state index in [1.54, 1.807) is 18.7 Å². The number of aromatic nitrogens is 2. The summed E-state index contributed by atoms with van der Waals surface area (Å²) in [6.07, 6.45) is 5.31. The van der Waals surface area contributed by atoms with Gasteiger partial charge in [-0.1, -0.05) is 12.1 Å². The first-order valence-electron chi connectivity index (χ1n) is 9.36. The number of nitrogens with one attached hydrogen (secondary N) is 1. The van der Waals surface area contributed by atoms with Crippen molar-refractivity contribution in [1.29, 1.82) is 0 Å². The maximum absolute atomic E-state index is 12.8. The number of methoxy groups -OCH3 is 1. The van der Waals surface area contributed by atoms with Crippen molar-refractivity contribution in [1.82, 2.24) is 9.97 Å². The van der Waals surface area contributed by atoms with Crippen molar-refractivity contribution < 1.29 is 9.53 Å². The molecule has 0 unspecified atom stereocenters. The van der Waals surface area contributed by atoms with E-state index in [0.717, 1.165) is 53.8 Å². The molecule has 1 fully saturated rings. The van der Waals surface area contributed by atoms with Gasteiger partial charge in [0.1, 0.15) is 16.5 Å². The maximum Gasteiger partial charge on any atom is 0.275 e. The minimum atomic E-state index is -0.233. The van der Waals surface area contributed by atoms with Crippen LogP contribution in [0.4, 0.5) is 11.5 Å². The van der Waals surface area contributed by atoms with Crippen molar-refractivity contribution in [2.75, 3.05) is 30.4 Å². The van der Waals surface area contributed by atoms with E-state index in [0.29, 0.717) is 5.69 Å². The van der Waals surface area contributed by atoms with E-state index in [9.17, 15) is 4.79 Å². The summed E-state index contributed by atoms with van der Waals surface area (Å²) in [6, 6.07) is 11.4. The molecular weight excluding hydrogens is 372 g/mol. The molecule has 2 aromatic heterocycles. The lowest BCUT2D eigenvalue weighted by Crippen LogP contribution is -2.31. The third-order valence-corrected chi connectivity index (χ3v) is 5.64. The van der Waals surface area contributed by atoms with Crippen molar-refractivity contribution in [3.05, 3.63) is 53.7 Å². The van der Waals surface area contributed by atoms with Crippen LogP contribution in [0, 0.1) is 0 Å². The van der Waals surface area contributed by atoms with Gasteiger partial charge in [0, 0.05) is 24.7 Å². The number of pyridine rings is 1. The Morgan fingerprint density at radius 3 is 2.79 bits per heavy atom. The van der Waals surface area contributed by atoms with Gasteiger partial charge in [0.2, 0.25) is 0 Å². The lowest BCUT2D eigenvalue weighted by molar-refractivity contribution is 0.102. The molecule has 1 aliphatic rings. The maximum atomic E-state index is 12.8. The fourth-order valence-electron chi connectivity index (χ4n) is 3.36. The zero-order chi connectivity index (χ0) is 19.3. The lowest BCUT2D eigenvalue weighted by Gasteiger charge is -2.29. The third kappa shape index (κ3) is 3.84. The molecule has 0 radical (unpaired) electrons. The molecular formula is C21H22N4O2S. The Labute approximate surface area is 168 Å². The fourth-order valence-corrected chi connectivity index (χ4v) is 4.19. The van der Waals surface area contributed by atoms with E-state index in [2.05, 4.69) is 20.2 Å². The molecule has 1 N–H and O–H groups in total. The summed E-state index contributed by atoms with van der Waals surface area (Å²) in [5, 5.41) is 5.51. The Balaban J connectivity index is 1.55. The van der Waals surface area contributed by atoms with E-state index in [-0.39, 0.29) is 5.91 Å². The smallest absolute Gasteiger partial charge is 0.275 e. The third-order valence-electron chi connectivity index (χ3n) is 4.76. The molecule has 3 aromatic rings. The summed E-state index contributed by atoms with van der Waals surface area (Å²) in [4.78, 5) is 24.1. The average Bonchev–Trinajstić information content (AvgIpc) is 3.25. The van der Waals surface area contributed by atoms with Gasteiger partial charge in [-0.3, -0.25) is 4.79 Å². The standard InChI is InChI=1S/C21H22N4O2S/c1-27-18-10-4-3-8-15(18)21-24-17(14-28-21)20(26)23-16-9-7-11-22-19(16)25-12-5-2-6-13-25/h3-4,7-11,14H,2,5-6,12-13H2,1H3,(H,23,26). The highest BCUT2D eigenvalue weighted by molar-refractivity contribution is 7.13. The Kier molecular flexibility index (Phi) is 5.53. The van der Waals surface area contributed by atoms with Crippen LogP contribution in [0.2, 0.25) is 0 Å². The predicted molar refractivity (Wildman–Crippen MR) is 112 cm³/mol. The van der Waals surface area contributed by atoms with Crippen LogP contribution in [0.5, 0.6) is 5.75 Å². The van der Waals surface area contributed by atoms with Crippen molar-refractivity contribution >= 4 is 28.7 Å². The highest BCUT2D eigenvalue weighted by Crippen LogP contribution is 2.32.